The van der Waals surface area contributed by atoms with Gasteiger partial charge in [-0.05, 0) is 40.5 Å². The van der Waals surface area contributed by atoms with E-state index in [1.54, 1.807) is 6.07 Å². The molecule has 0 aromatic heterocycles. The Morgan fingerprint density at radius 1 is 1.06 bits per heavy atom. The Bertz CT molecular complexity index is 620. The van der Waals surface area contributed by atoms with Gasteiger partial charge in [-0.2, -0.15) is 0 Å². The Kier molecular flexibility index (Phi) is 2.68. The van der Waals surface area contributed by atoms with E-state index in [1.807, 2.05) is 18.2 Å². The quantitative estimate of drug-likeness (QED) is 0.755. The molecule has 1 aliphatic rings. The number of hydrogen-bond donors (Lipinski definition) is 0. The Hall–Kier alpha value is -2.00. The molecule has 0 spiro atoms. The van der Waals surface area contributed by atoms with Gasteiger partial charge >= 0.3 is 0 Å². The summed E-state index contributed by atoms with van der Waals surface area (Å²) < 4.78 is 18.4. The molecule has 0 radical (unpaired) electrons. The molecule has 0 atom stereocenters. The molecule has 18 heavy (non-hydrogen) atoms. The molecule has 0 saturated carbocycles. The number of aldehydes is 1. The van der Waals surface area contributed by atoms with Gasteiger partial charge in [0.25, 0.3) is 0 Å². The number of rotatable bonds is 2. The van der Waals surface area contributed by atoms with Crippen LogP contribution in [0.25, 0.3) is 11.1 Å². The van der Waals surface area contributed by atoms with E-state index < -0.39 is 5.82 Å². The third-order valence-corrected chi connectivity index (χ3v) is 3.17. The van der Waals surface area contributed by atoms with Crippen molar-refractivity contribution < 1.29 is 13.9 Å². The SMILES string of the molecule is O=Cc1cc(F)ccc1-c1ccc2c(c1)COC2. The van der Waals surface area contributed by atoms with Crippen molar-refractivity contribution in [3.05, 3.63) is 58.9 Å². The molecule has 2 aromatic carbocycles. The normalized spacial score (nSPS) is 13.4. The largest absolute Gasteiger partial charge is 0.372 e. The third-order valence-electron chi connectivity index (χ3n) is 3.17. The Labute approximate surface area is 104 Å². The maximum Gasteiger partial charge on any atom is 0.150 e. The number of ether oxygens (including phenoxy) is 1. The van der Waals surface area contributed by atoms with Crippen molar-refractivity contribution in [1.82, 2.24) is 0 Å². The highest BCUT2D eigenvalue weighted by atomic mass is 19.1. The molecule has 0 bridgehead atoms. The molecular weight excluding hydrogens is 231 g/mol. The zero-order valence-corrected chi connectivity index (χ0v) is 9.65. The summed E-state index contributed by atoms with van der Waals surface area (Å²) >= 11 is 0. The first-order valence-corrected chi connectivity index (χ1v) is 5.72. The second kappa shape index (κ2) is 4.35. The summed E-state index contributed by atoms with van der Waals surface area (Å²) in [5.74, 6) is -0.398. The molecule has 90 valence electrons. The molecule has 3 rings (SSSR count). The van der Waals surface area contributed by atoms with Crippen LogP contribution >= 0.6 is 0 Å². The number of benzene rings is 2. The van der Waals surface area contributed by atoms with Gasteiger partial charge in [-0.3, -0.25) is 4.79 Å². The lowest BCUT2D eigenvalue weighted by Gasteiger charge is -2.07. The summed E-state index contributed by atoms with van der Waals surface area (Å²) in [7, 11) is 0. The van der Waals surface area contributed by atoms with Gasteiger partial charge in [0.2, 0.25) is 0 Å². The summed E-state index contributed by atoms with van der Waals surface area (Å²) in [6.45, 7) is 1.24. The molecule has 0 unspecified atom stereocenters. The lowest BCUT2D eigenvalue weighted by atomic mass is 9.97. The first-order chi connectivity index (χ1) is 8.78. The van der Waals surface area contributed by atoms with Gasteiger partial charge in [0.15, 0.2) is 6.29 Å². The predicted molar refractivity (Wildman–Crippen MR) is 65.7 cm³/mol. The number of halogens is 1. The van der Waals surface area contributed by atoms with E-state index in [0.29, 0.717) is 25.1 Å². The molecule has 1 heterocycles. The zero-order valence-electron chi connectivity index (χ0n) is 9.65. The van der Waals surface area contributed by atoms with Crippen molar-refractivity contribution in [1.29, 1.82) is 0 Å². The minimum atomic E-state index is -0.398. The molecule has 0 amide bonds. The fourth-order valence-electron chi connectivity index (χ4n) is 2.23. The van der Waals surface area contributed by atoms with Crippen LogP contribution in [0.3, 0.4) is 0 Å². The maximum atomic E-state index is 13.1. The fraction of sp³-hybridized carbons (Fsp3) is 0.133. The Morgan fingerprint density at radius 2 is 1.89 bits per heavy atom. The Balaban J connectivity index is 2.12. The van der Waals surface area contributed by atoms with Crippen LogP contribution in [0.5, 0.6) is 0 Å². The van der Waals surface area contributed by atoms with E-state index in [0.717, 1.165) is 16.7 Å². The van der Waals surface area contributed by atoms with Crippen LogP contribution in [0.1, 0.15) is 21.5 Å². The highest BCUT2D eigenvalue weighted by molar-refractivity contribution is 5.87. The summed E-state index contributed by atoms with van der Waals surface area (Å²) in [6, 6.07) is 10.2. The average molecular weight is 242 g/mol. The molecule has 0 N–H and O–H groups in total. The molecule has 0 saturated heterocycles. The number of carbonyl (C=O) groups excluding carboxylic acids is 1. The summed E-state index contributed by atoms with van der Waals surface area (Å²) in [5, 5.41) is 0. The number of hydrogen-bond acceptors (Lipinski definition) is 2. The van der Waals surface area contributed by atoms with Crippen molar-refractivity contribution in [3.8, 4) is 11.1 Å². The van der Waals surface area contributed by atoms with Crippen molar-refractivity contribution in [2.75, 3.05) is 0 Å². The van der Waals surface area contributed by atoms with Crippen LogP contribution in [0.4, 0.5) is 4.39 Å². The van der Waals surface area contributed by atoms with Crippen LogP contribution in [0, 0.1) is 5.82 Å². The summed E-state index contributed by atoms with van der Waals surface area (Å²) in [5.41, 5.74) is 4.35. The van der Waals surface area contributed by atoms with Gasteiger partial charge in [0, 0.05) is 5.56 Å². The fourth-order valence-corrected chi connectivity index (χ4v) is 2.23. The molecule has 3 heteroatoms. The van der Waals surface area contributed by atoms with Crippen LogP contribution in [-0.2, 0) is 18.0 Å². The van der Waals surface area contributed by atoms with Gasteiger partial charge in [-0.1, -0.05) is 18.2 Å². The van der Waals surface area contributed by atoms with Crippen LogP contribution < -0.4 is 0 Å². The predicted octanol–water partition coefficient (Wildman–Crippen LogP) is 3.34. The summed E-state index contributed by atoms with van der Waals surface area (Å²) in [6.07, 6.45) is 0.683. The molecule has 1 aliphatic heterocycles. The zero-order chi connectivity index (χ0) is 12.5. The molecular formula is C15H11FO2. The second-order valence-corrected chi connectivity index (χ2v) is 4.33. The van der Waals surface area contributed by atoms with E-state index in [2.05, 4.69) is 0 Å². The minimum Gasteiger partial charge on any atom is -0.372 e. The van der Waals surface area contributed by atoms with Crippen molar-refractivity contribution in [2.45, 2.75) is 13.2 Å². The van der Waals surface area contributed by atoms with E-state index in [9.17, 15) is 9.18 Å². The van der Waals surface area contributed by atoms with E-state index in [1.165, 1.54) is 17.7 Å². The molecule has 2 nitrogen and oxygen atoms in total. The average Bonchev–Trinajstić information content (AvgIpc) is 2.85. The molecule has 0 fully saturated rings. The van der Waals surface area contributed by atoms with E-state index in [4.69, 9.17) is 4.74 Å². The van der Waals surface area contributed by atoms with Crippen LogP contribution in [-0.4, -0.2) is 6.29 Å². The number of fused-ring (bicyclic) bond motifs is 1. The van der Waals surface area contributed by atoms with Crippen LogP contribution in [0.15, 0.2) is 36.4 Å². The number of carbonyl (C=O) groups is 1. The smallest absolute Gasteiger partial charge is 0.150 e. The maximum absolute atomic E-state index is 13.1. The first-order valence-electron chi connectivity index (χ1n) is 5.72. The van der Waals surface area contributed by atoms with Gasteiger partial charge in [0.05, 0.1) is 13.2 Å². The van der Waals surface area contributed by atoms with Gasteiger partial charge < -0.3 is 4.74 Å². The topological polar surface area (TPSA) is 26.3 Å². The van der Waals surface area contributed by atoms with Gasteiger partial charge in [0.1, 0.15) is 5.82 Å². The Morgan fingerprint density at radius 3 is 2.72 bits per heavy atom. The minimum absolute atomic E-state index is 0.369. The monoisotopic (exact) mass is 242 g/mol. The molecule has 2 aromatic rings. The summed E-state index contributed by atoms with van der Waals surface area (Å²) in [4.78, 5) is 11.0. The van der Waals surface area contributed by atoms with Crippen LogP contribution in [0.2, 0.25) is 0 Å². The van der Waals surface area contributed by atoms with E-state index in [-0.39, 0.29) is 0 Å². The van der Waals surface area contributed by atoms with Gasteiger partial charge in [-0.25, -0.2) is 4.39 Å². The van der Waals surface area contributed by atoms with Crippen molar-refractivity contribution in [3.63, 3.8) is 0 Å². The third kappa shape index (κ3) is 1.83. The highest BCUT2D eigenvalue weighted by Gasteiger charge is 2.13. The van der Waals surface area contributed by atoms with Crippen molar-refractivity contribution >= 4 is 6.29 Å². The lowest BCUT2D eigenvalue weighted by molar-refractivity contribution is 0.112. The van der Waals surface area contributed by atoms with E-state index >= 15 is 0 Å². The molecule has 0 aliphatic carbocycles. The first kappa shape index (κ1) is 11.1. The standard InChI is InChI=1S/C15H11FO2/c16-14-3-4-15(12(6-14)7-17)10-1-2-11-8-18-9-13(11)5-10/h1-7H,8-9H2. The highest BCUT2D eigenvalue weighted by Crippen LogP contribution is 2.28. The lowest BCUT2D eigenvalue weighted by Crippen LogP contribution is -1.91. The second-order valence-electron chi connectivity index (χ2n) is 4.33. The van der Waals surface area contributed by atoms with Crippen molar-refractivity contribution in [2.24, 2.45) is 0 Å². The van der Waals surface area contributed by atoms with Gasteiger partial charge in [-0.15, -0.1) is 0 Å².